The predicted octanol–water partition coefficient (Wildman–Crippen LogP) is 6.61. The molecule has 156 valence electrons. The van der Waals surface area contributed by atoms with Crippen molar-refractivity contribution < 1.29 is 25.8 Å². The molecule has 0 saturated carbocycles. The molecule has 0 radical (unpaired) electrons. The van der Waals surface area contributed by atoms with E-state index < -0.39 is 31.4 Å². The van der Waals surface area contributed by atoms with Crippen molar-refractivity contribution in [3.05, 3.63) is 75.8 Å². The fraction of sp³-hybridized carbons (Fsp3) is 0.222. The van der Waals surface area contributed by atoms with Crippen molar-refractivity contribution in [2.24, 2.45) is 0 Å². The first-order chi connectivity index (χ1) is 13.3. The summed E-state index contributed by atoms with van der Waals surface area (Å²) in [5, 5.41) is 0.292. The highest BCUT2D eigenvalue weighted by molar-refractivity contribution is 7.92. The molecule has 11 heteroatoms. The van der Waals surface area contributed by atoms with E-state index in [4.69, 9.17) is 50.6 Å². The van der Waals surface area contributed by atoms with Crippen molar-refractivity contribution in [2.75, 3.05) is 0 Å². The zero-order valence-corrected chi connectivity index (χ0v) is 18.0. The van der Waals surface area contributed by atoms with Crippen LogP contribution in [0.3, 0.4) is 0 Å². The lowest BCUT2D eigenvalue weighted by molar-refractivity contribution is -0.130. The molecule has 2 aromatic carbocycles. The van der Waals surface area contributed by atoms with Crippen molar-refractivity contribution >= 4 is 62.6 Å². The summed E-state index contributed by atoms with van der Waals surface area (Å²) in [5.74, 6) is 0. The third-order valence-corrected chi connectivity index (χ3v) is 7.27. The highest BCUT2D eigenvalue weighted by Gasteiger charge is 2.54. The van der Waals surface area contributed by atoms with Gasteiger partial charge in [-0.15, -0.1) is 0 Å². The maximum Gasteiger partial charge on any atom is 0.392 e. The molecule has 1 aliphatic carbocycles. The lowest BCUT2D eigenvalue weighted by atomic mass is 9.82. The topological polar surface area (TPSA) is 43.4 Å². The molecule has 3 nitrogen and oxygen atoms in total. The van der Waals surface area contributed by atoms with Crippen LogP contribution in [0.4, 0.5) is 13.2 Å². The number of fused-ring (bicyclic) bond motifs is 1. The zero-order chi connectivity index (χ0) is 21.7. The molecule has 1 unspecified atom stereocenters. The van der Waals surface area contributed by atoms with Gasteiger partial charge in [-0.05, 0) is 28.8 Å². The van der Waals surface area contributed by atoms with Crippen LogP contribution in [0.15, 0.2) is 54.1 Å². The van der Waals surface area contributed by atoms with E-state index in [1.807, 2.05) is 0 Å². The molecule has 0 fully saturated rings. The van der Waals surface area contributed by atoms with Crippen LogP contribution in [-0.2, 0) is 19.9 Å². The summed E-state index contributed by atoms with van der Waals surface area (Å²) in [6.45, 7) is 0. The van der Waals surface area contributed by atoms with Crippen LogP contribution in [-0.4, -0.2) is 17.7 Å². The van der Waals surface area contributed by atoms with Crippen molar-refractivity contribution in [3.63, 3.8) is 0 Å². The Morgan fingerprint density at radius 1 is 0.966 bits per heavy atom. The number of alkyl halides is 6. The molecular weight excluding hydrogens is 495 g/mol. The van der Waals surface area contributed by atoms with Gasteiger partial charge in [0, 0.05) is 10.6 Å². The van der Waals surface area contributed by atoms with E-state index >= 15 is 0 Å². The molecule has 2 aromatic rings. The second-order valence-corrected chi connectivity index (χ2v) is 11.3. The summed E-state index contributed by atoms with van der Waals surface area (Å²) >= 11 is 22.5. The van der Waals surface area contributed by atoms with E-state index in [9.17, 15) is 21.6 Å². The van der Waals surface area contributed by atoms with E-state index in [2.05, 4.69) is 0 Å². The van der Waals surface area contributed by atoms with Crippen LogP contribution in [0.5, 0.6) is 0 Å². The summed E-state index contributed by atoms with van der Waals surface area (Å²) < 4.78 is 67.8. The summed E-state index contributed by atoms with van der Waals surface area (Å²) in [6.07, 6.45) is -4.87. The second kappa shape index (κ2) is 7.62. The number of hydrogen-bond donors (Lipinski definition) is 0. The van der Waals surface area contributed by atoms with Gasteiger partial charge >= 0.3 is 19.4 Å². The first-order valence-corrected chi connectivity index (χ1v) is 10.8. The van der Waals surface area contributed by atoms with E-state index in [-0.39, 0.29) is 16.7 Å². The van der Waals surface area contributed by atoms with Crippen molar-refractivity contribution in [2.45, 2.75) is 21.3 Å². The SMILES string of the molecule is O=S(=O)(OC1(c2ccc(Cl)cc2)C(CC(F)(F)F)=Cc2ccccc21)C(Cl)(Cl)Cl. The van der Waals surface area contributed by atoms with Crippen molar-refractivity contribution in [1.29, 1.82) is 0 Å². The van der Waals surface area contributed by atoms with Crippen LogP contribution in [0, 0.1) is 0 Å². The Morgan fingerprint density at radius 2 is 1.55 bits per heavy atom. The van der Waals surface area contributed by atoms with Gasteiger partial charge < -0.3 is 0 Å². The summed E-state index contributed by atoms with van der Waals surface area (Å²) in [6, 6.07) is 11.7. The molecule has 1 atom stereocenters. The van der Waals surface area contributed by atoms with Crippen LogP contribution in [0.1, 0.15) is 23.1 Å². The number of benzene rings is 2. The average molecular weight is 506 g/mol. The first-order valence-electron chi connectivity index (χ1n) is 7.91. The number of rotatable bonds is 4. The minimum atomic E-state index is -4.97. The van der Waals surface area contributed by atoms with Gasteiger partial charge in [-0.1, -0.05) is 88.9 Å². The third-order valence-electron chi connectivity index (χ3n) is 4.28. The van der Waals surface area contributed by atoms with E-state index in [1.54, 1.807) is 12.1 Å². The molecule has 0 saturated heterocycles. The van der Waals surface area contributed by atoms with Gasteiger partial charge in [-0.3, -0.25) is 0 Å². The summed E-state index contributed by atoms with van der Waals surface area (Å²) in [4.78, 5) is 0. The summed E-state index contributed by atoms with van der Waals surface area (Å²) in [7, 11) is -4.97. The van der Waals surface area contributed by atoms with Gasteiger partial charge in [0.1, 0.15) is 0 Å². The molecule has 1 aliphatic rings. The minimum Gasteiger partial charge on any atom is -0.246 e. The first kappa shape index (κ1) is 22.7. The molecule has 29 heavy (non-hydrogen) atoms. The van der Waals surface area contributed by atoms with Gasteiger partial charge in [0.2, 0.25) is 0 Å². The number of hydrogen-bond acceptors (Lipinski definition) is 3. The van der Waals surface area contributed by atoms with E-state index in [1.165, 1.54) is 42.5 Å². The monoisotopic (exact) mass is 504 g/mol. The van der Waals surface area contributed by atoms with Gasteiger partial charge in [0.25, 0.3) is 0 Å². The highest BCUT2D eigenvalue weighted by atomic mass is 35.6. The zero-order valence-electron chi connectivity index (χ0n) is 14.2. The largest absolute Gasteiger partial charge is 0.392 e. The number of halogens is 7. The van der Waals surface area contributed by atoms with Gasteiger partial charge in [-0.25, -0.2) is 4.18 Å². The molecule has 0 N–H and O–H groups in total. The molecule has 0 spiro atoms. The highest BCUT2D eigenvalue weighted by Crippen LogP contribution is 2.53. The lowest BCUT2D eigenvalue weighted by Gasteiger charge is -2.35. The molecule has 3 rings (SSSR count). The van der Waals surface area contributed by atoms with Crippen molar-refractivity contribution in [3.8, 4) is 0 Å². The van der Waals surface area contributed by atoms with Crippen LogP contribution >= 0.6 is 46.4 Å². The maximum absolute atomic E-state index is 13.4. The Hall–Kier alpha value is -0.960. The normalized spacial score (nSPS) is 19.8. The van der Waals surface area contributed by atoms with Crippen LogP contribution < -0.4 is 0 Å². The molecule has 0 bridgehead atoms. The van der Waals surface area contributed by atoms with Crippen molar-refractivity contribution in [1.82, 2.24) is 0 Å². The minimum absolute atomic E-state index is 0.0835. The third kappa shape index (κ3) is 4.40. The lowest BCUT2D eigenvalue weighted by Crippen LogP contribution is -2.39. The Labute approximate surface area is 185 Å². The Kier molecular flexibility index (Phi) is 5.97. The predicted molar refractivity (Wildman–Crippen MR) is 108 cm³/mol. The molecule has 0 amide bonds. The summed E-state index contributed by atoms with van der Waals surface area (Å²) in [5.41, 5.74) is -1.95. The molecule has 0 heterocycles. The molecule has 0 aliphatic heterocycles. The smallest absolute Gasteiger partial charge is 0.246 e. The van der Waals surface area contributed by atoms with Gasteiger partial charge in [-0.2, -0.15) is 21.6 Å². The maximum atomic E-state index is 13.4. The fourth-order valence-corrected chi connectivity index (χ4v) is 4.31. The van der Waals surface area contributed by atoms with Crippen LogP contribution in [0.25, 0.3) is 6.08 Å². The Bertz CT molecular complexity index is 1060. The van der Waals surface area contributed by atoms with E-state index in [0.717, 1.165) is 0 Å². The fourth-order valence-electron chi connectivity index (χ4n) is 3.18. The quantitative estimate of drug-likeness (QED) is 0.347. The Morgan fingerprint density at radius 3 is 2.10 bits per heavy atom. The van der Waals surface area contributed by atoms with Crippen LogP contribution in [0.2, 0.25) is 5.02 Å². The van der Waals surface area contributed by atoms with Gasteiger partial charge in [0.15, 0.2) is 5.60 Å². The standard InChI is InChI=1S/C18H11Cl4F3O3S/c19-14-7-5-12(6-8-14)17(28-29(26,27)18(20,21)22)13(10-16(23,24)25)9-11-3-1-2-4-15(11)17/h1-9H,10H2. The average Bonchev–Trinajstić information content (AvgIpc) is 2.86. The molecule has 0 aromatic heterocycles. The Balaban J connectivity index is 2.33. The van der Waals surface area contributed by atoms with Gasteiger partial charge in [0.05, 0.1) is 6.42 Å². The van der Waals surface area contributed by atoms with E-state index in [0.29, 0.717) is 10.6 Å². The molecular formula is C18H11Cl4F3O3S. The second-order valence-electron chi connectivity index (χ2n) is 6.22.